The average Bonchev–Trinajstić information content (AvgIpc) is 2.92. The molecule has 0 bridgehead atoms. The van der Waals surface area contributed by atoms with Crippen LogP contribution in [0.15, 0.2) is 0 Å². The molecule has 0 aromatic carbocycles. The van der Waals surface area contributed by atoms with E-state index in [-0.39, 0.29) is 6.61 Å². The van der Waals surface area contributed by atoms with Crippen molar-refractivity contribution >= 4 is 67.5 Å². The average molecular weight is 920 g/mol. The summed E-state index contributed by atoms with van der Waals surface area (Å²) in [5, 5.41) is 18.6. The van der Waals surface area contributed by atoms with Crippen molar-refractivity contribution < 1.29 is 39.6 Å². The molecule has 0 spiro atoms. The van der Waals surface area contributed by atoms with Gasteiger partial charge >= 0.3 is 34.2 Å². The van der Waals surface area contributed by atoms with Gasteiger partial charge in [-0.1, -0.05) is 90.4 Å². The topological polar surface area (TPSA) is 105 Å². The van der Waals surface area contributed by atoms with Crippen molar-refractivity contribution in [2.24, 2.45) is 0 Å². The maximum Gasteiger partial charge on any atom is 0.317 e. The first-order valence-electron chi connectivity index (χ1n) is 22.1. The minimum atomic E-state index is -2.90. The Labute approximate surface area is 350 Å². The van der Waals surface area contributed by atoms with Gasteiger partial charge in [0.1, 0.15) is 0 Å². The van der Waals surface area contributed by atoms with Gasteiger partial charge in [0.25, 0.3) is 0 Å². The van der Waals surface area contributed by atoms with Gasteiger partial charge in [-0.25, -0.2) is 0 Å². The molecule has 0 rings (SSSR count). The van der Waals surface area contributed by atoms with E-state index in [4.69, 9.17) is 29.4 Å². The summed E-state index contributed by atoms with van der Waals surface area (Å²) < 4.78 is 48.6. The first kappa shape index (κ1) is 56.4. The van der Waals surface area contributed by atoms with E-state index in [9.17, 15) is 10.2 Å². The second-order valence-corrected chi connectivity index (χ2v) is 53.4. The van der Waals surface area contributed by atoms with Crippen LogP contribution in [-0.4, -0.2) is 97.2 Å². The van der Waals surface area contributed by atoms with Gasteiger partial charge in [-0.05, 0) is 135 Å². The van der Waals surface area contributed by atoms with Crippen LogP contribution < -0.4 is 0 Å². The highest BCUT2D eigenvalue weighted by molar-refractivity contribution is 6.92. The van der Waals surface area contributed by atoms with Crippen molar-refractivity contribution in [1.29, 1.82) is 0 Å². The lowest BCUT2D eigenvalue weighted by molar-refractivity contribution is -0.0945. The van der Waals surface area contributed by atoms with Gasteiger partial charge < -0.3 is 39.6 Å². The zero-order valence-electron chi connectivity index (χ0n) is 39.5. The van der Waals surface area contributed by atoms with Crippen LogP contribution >= 0.6 is 0 Å². The zero-order valence-corrected chi connectivity index (χ0v) is 47.5. The third kappa shape index (κ3) is 32.8. The Balaban J connectivity index is 6.33. The van der Waals surface area contributed by atoms with Crippen molar-refractivity contribution in [2.75, 3.05) is 13.2 Å². The van der Waals surface area contributed by atoms with Gasteiger partial charge in [-0.15, -0.1) is 0 Å². The molecule has 0 radical (unpaired) electrons. The Morgan fingerprint density at radius 2 is 0.764 bits per heavy atom. The van der Waals surface area contributed by atoms with Crippen LogP contribution in [0.1, 0.15) is 96.8 Å². The molecule has 3 atom stereocenters. The van der Waals surface area contributed by atoms with Crippen LogP contribution in [0.5, 0.6) is 0 Å². The summed E-state index contributed by atoms with van der Waals surface area (Å²) in [4.78, 5) is 0. The molecule has 0 fully saturated rings. The molecule has 0 saturated carbocycles. The molecular formula is C38H94O9Si8. The highest BCUT2D eigenvalue weighted by Crippen LogP contribution is 2.36. The summed E-state index contributed by atoms with van der Waals surface area (Å²) in [6.45, 7) is 38.9. The molecule has 55 heavy (non-hydrogen) atoms. The van der Waals surface area contributed by atoms with Crippen molar-refractivity contribution in [1.82, 2.24) is 0 Å². The number of aliphatic hydroxyl groups excluding tert-OH is 1. The van der Waals surface area contributed by atoms with Crippen molar-refractivity contribution in [3.63, 3.8) is 0 Å². The number of ether oxygens (including phenoxy) is 1. The number of rotatable bonds is 35. The van der Waals surface area contributed by atoms with E-state index in [1.54, 1.807) is 0 Å². The molecule has 0 amide bonds. The molecule has 0 heterocycles. The number of unbranched alkanes of at least 4 members (excludes halogenated alkanes) is 11. The highest BCUT2D eigenvalue weighted by atomic mass is 28.5. The van der Waals surface area contributed by atoms with E-state index in [0.717, 1.165) is 43.4 Å². The molecule has 0 aromatic rings. The largest absolute Gasteiger partial charge is 0.456 e. The smallest absolute Gasteiger partial charge is 0.317 e. The number of hydrogen-bond donors (Lipinski definition) is 2. The van der Waals surface area contributed by atoms with Crippen LogP contribution in [0.3, 0.4) is 0 Å². The second-order valence-electron chi connectivity index (χ2n) is 20.7. The predicted molar refractivity (Wildman–Crippen MR) is 255 cm³/mol. The summed E-state index contributed by atoms with van der Waals surface area (Å²) in [6, 6.07) is 3.62. The molecule has 2 N–H and O–H groups in total. The molecule has 0 aliphatic heterocycles. The van der Waals surface area contributed by atoms with Crippen LogP contribution in [0.2, 0.25) is 129 Å². The Bertz CT molecular complexity index is 1010. The first-order chi connectivity index (χ1) is 24.9. The van der Waals surface area contributed by atoms with Gasteiger partial charge in [0.2, 0.25) is 0 Å². The SMILES string of the molecule is CCCCCCCCCCCCCC[Si](C)(O[Si](C)(C)O[Si](C)(C)C)O[Si](C)(CCC[Si](C)(C)O[Si](C)(C)C)O[Si](C)(CCCOCC(O)O)O[Si](C)(C)C. The van der Waals surface area contributed by atoms with Crippen LogP contribution in [0.25, 0.3) is 0 Å². The second kappa shape index (κ2) is 26.0. The van der Waals surface area contributed by atoms with Crippen LogP contribution in [-0.2, 0) is 29.4 Å². The van der Waals surface area contributed by atoms with Crippen LogP contribution in [0, 0.1) is 0 Å². The molecule has 0 aliphatic carbocycles. The minimum Gasteiger partial charge on any atom is -0.456 e. The highest BCUT2D eigenvalue weighted by Gasteiger charge is 2.51. The van der Waals surface area contributed by atoms with Crippen molar-refractivity contribution in [2.45, 2.75) is 232 Å². The van der Waals surface area contributed by atoms with Gasteiger partial charge in [0, 0.05) is 6.61 Å². The number of aliphatic hydroxyl groups is 2. The molecule has 0 aromatic heterocycles. The van der Waals surface area contributed by atoms with E-state index >= 15 is 0 Å². The van der Waals surface area contributed by atoms with Crippen molar-refractivity contribution in [3.05, 3.63) is 0 Å². The van der Waals surface area contributed by atoms with Gasteiger partial charge in [-0.3, -0.25) is 0 Å². The zero-order chi connectivity index (χ0) is 42.7. The summed E-state index contributed by atoms with van der Waals surface area (Å²) in [7, 11) is -18.3. The lowest BCUT2D eigenvalue weighted by atomic mass is 10.1. The van der Waals surface area contributed by atoms with Gasteiger partial charge in [-0.2, -0.15) is 0 Å². The molecule has 3 unspecified atom stereocenters. The summed E-state index contributed by atoms with van der Waals surface area (Å²) in [5.41, 5.74) is 0. The van der Waals surface area contributed by atoms with E-state index in [1.807, 2.05) is 0 Å². The molecule has 332 valence electrons. The molecule has 0 aliphatic rings. The van der Waals surface area contributed by atoms with Crippen molar-refractivity contribution in [3.8, 4) is 0 Å². The molecule has 0 saturated heterocycles. The normalized spacial score (nSPS) is 17.0. The molecular weight excluding hydrogens is 825 g/mol. The lowest BCUT2D eigenvalue weighted by Crippen LogP contribution is -2.62. The quantitative estimate of drug-likeness (QED) is 0.0365. The Kier molecular flexibility index (Phi) is 26.6. The fourth-order valence-corrected chi connectivity index (χ4v) is 46.0. The molecule has 17 heteroatoms. The summed E-state index contributed by atoms with van der Waals surface area (Å²) in [5.74, 6) is 0. The number of hydrogen-bond acceptors (Lipinski definition) is 9. The minimum absolute atomic E-state index is 0.0949. The summed E-state index contributed by atoms with van der Waals surface area (Å²) >= 11 is 0. The van der Waals surface area contributed by atoms with Gasteiger partial charge in [0.05, 0.1) is 6.61 Å². The molecule has 9 nitrogen and oxygen atoms in total. The van der Waals surface area contributed by atoms with E-state index in [1.165, 1.54) is 70.6 Å². The third-order valence-electron chi connectivity index (χ3n) is 9.06. The van der Waals surface area contributed by atoms with Gasteiger partial charge in [0.15, 0.2) is 39.6 Å². The lowest BCUT2D eigenvalue weighted by Gasteiger charge is -2.46. The summed E-state index contributed by atoms with van der Waals surface area (Å²) in [6.07, 6.45) is 16.1. The van der Waals surface area contributed by atoms with E-state index in [2.05, 4.69) is 112 Å². The predicted octanol–water partition coefficient (Wildman–Crippen LogP) is 12.5. The third-order valence-corrected chi connectivity index (χ3v) is 38.3. The monoisotopic (exact) mass is 919 g/mol. The van der Waals surface area contributed by atoms with E-state index < -0.39 is 73.8 Å². The van der Waals surface area contributed by atoms with Crippen LogP contribution in [0.4, 0.5) is 0 Å². The maximum absolute atomic E-state index is 9.30. The maximum atomic E-state index is 9.30. The standard InChI is InChI=1S/C38H94O9Si8/c1-18-19-20-21-22-23-24-25-26-27-28-29-34-54(16,45-52(13,14)43-49(5,6)7)47-55(17,36-31-33-51(11,12)42-48(2,3)4)46-53(15,44-50(8,9)10)35-30-32-41-37-38(39)40/h38-40H,18-37H2,1-17H3. The Morgan fingerprint density at radius 3 is 1.20 bits per heavy atom. The van der Waals surface area contributed by atoms with E-state index in [0.29, 0.717) is 6.61 Å². The fourth-order valence-electron chi connectivity index (χ4n) is 7.89. The Morgan fingerprint density at radius 1 is 0.382 bits per heavy atom. The fraction of sp³-hybridized carbons (Fsp3) is 1.00. The Hall–Kier alpha value is 1.38. The first-order valence-corrected chi connectivity index (χ1v) is 45.8.